The number of hydrogen-bond acceptors (Lipinski definition) is 4. The molecule has 7 heteroatoms. The molecule has 0 rings (SSSR count). The summed E-state index contributed by atoms with van der Waals surface area (Å²) in [6.45, 7) is 9.16. The molecule has 0 atom stereocenters. The first-order valence-electron chi connectivity index (χ1n) is 14.9. The Morgan fingerprint density at radius 3 is 1.40 bits per heavy atom. The lowest BCUT2D eigenvalue weighted by Gasteiger charge is -2.24. The van der Waals surface area contributed by atoms with E-state index in [0.717, 1.165) is 23.4 Å². The van der Waals surface area contributed by atoms with Crippen LogP contribution in [0.15, 0.2) is 0 Å². The summed E-state index contributed by atoms with van der Waals surface area (Å²) >= 11 is 20.5. The van der Waals surface area contributed by atoms with Gasteiger partial charge in [0.25, 0.3) is 0 Å². The predicted molar refractivity (Wildman–Crippen MR) is 182 cm³/mol. The van der Waals surface area contributed by atoms with Crippen LogP contribution in [0.2, 0.25) is 0 Å². The summed E-state index contributed by atoms with van der Waals surface area (Å²) in [4.78, 5) is 1.03. The van der Waals surface area contributed by atoms with Crippen LogP contribution >= 0.6 is 34.9 Å². The summed E-state index contributed by atoms with van der Waals surface area (Å²) in [7, 11) is 0. The molecule has 0 amide bonds. The van der Waals surface area contributed by atoms with E-state index in [1.54, 1.807) is 0 Å². The normalized spacial score (nSPS) is 12.2. The van der Waals surface area contributed by atoms with Crippen molar-refractivity contribution in [3.05, 3.63) is 0 Å². The summed E-state index contributed by atoms with van der Waals surface area (Å²) < 4.78 is 0. The third-order valence-corrected chi connectivity index (χ3v) is 19.5. The molecule has 0 fully saturated rings. The summed E-state index contributed by atoms with van der Waals surface area (Å²) in [5.41, 5.74) is 0. The third-order valence-electron chi connectivity index (χ3n) is 6.76. The Labute approximate surface area is 241 Å². The maximum atomic E-state index is 6.31. The van der Waals surface area contributed by atoms with Gasteiger partial charge in [-0.15, -0.1) is 11.4 Å². The van der Waals surface area contributed by atoms with Gasteiger partial charge >= 0.3 is 0 Å². The maximum Gasteiger partial charge on any atom is 0.0764 e. The molecule has 0 aromatic carbocycles. The van der Waals surface area contributed by atoms with Gasteiger partial charge in [-0.2, -0.15) is 0 Å². The topological polar surface area (TPSA) is 12.0 Å². The zero-order chi connectivity index (χ0) is 26.3. The number of nitrogens with one attached hydrogen (secondary N) is 1. The van der Waals surface area contributed by atoms with Crippen molar-refractivity contribution in [2.45, 2.75) is 137 Å². The largest absolute Gasteiger partial charge is 0.375 e. The monoisotopic (exact) mass is 599 g/mol. The van der Waals surface area contributed by atoms with E-state index < -0.39 is 11.3 Å². The smallest absolute Gasteiger partial charge is 0.0764 e. The Balaban J connectivity index is 4.62. The highest BCUT2D eigenvalue weighted by molar-refractivity contribution is 8.71. The van der Waals surface area contributed by atoms with Gasteiger partial charge in [0.1, 0.15) is 0 Å². The predicted octanol–water partition coefficient (Wildman–Crippen LogP) is 11.2. The van der Waals surface area contributed by atoms with Crippen molar-refractivity contribution < 1.29 is 0 Å². The molecule has 0 saturated heterocycles. The fraction of sp³-hybridized carbons (Fsp3) is 0.964. The van der Waals surface area contributed by atoms with Gasteiger partial charge in [-0.25, -0.2) is 0 Å². The standard InChI is InChI=1S/C28H59NP2S4/c1-5-9-13-17-22-30(33,23-18-14-10-6-2)27-29-28(32)21-26-35-31(34,24-19-15-11-7-3)25-20-16-12-8-4/h5-27H2,1-4H3,(H,29,32). The molecule has 0 aliphatic carbocycles. The molecule has 0 bridgehead atoms. The maximum absolute atomic E-state index is 6.31. The van der Waals surface area contributed by atoms with Gasteiger partial charge in [0, 0.05) is 23.7 Å². The lowest BCUT2D eigenvalue weighted by atomic mass is 10.2. The van der Waals surface area contributed by atoms with Crippen LogP contribution in [0.25, 0.3) is 0 Å². The average Bonchev–Trinajstić information content (AvgIpc) is 2.84. The van der Waals surface area contributed by atoms with Gasteiger partial charge in [-0.1, -0.05) is 141 Å². The summed E-state index contributed by atoms with van der Waals surface area (Å²) in [5, 5.41) is 2.35. The molecule has 0 spiro atoms. The second kappa shape index (κ2) is 24.6. The molecule has 0 aliphatic rings. The molecule has 0 aromatic heterocycles. The number of thiocarbonyl (C=S) groups is 1. The van der Waals surface area contributed by atoms with Crippen LogP contribution in [-0.4, -0.2) is 41.7 Å². The first-order chi connectivity index (χ1) is 16.8. The minimum absolute atomic E-state index is 0.976. The van der Waals surface area contributed by atoms with Gasteiger partial charge in [0.05, 0.1) is 4.99 Å². The summed E-state index contributed by atoms with van der Waals surface area (Å²) in [6.07, 6.45) is 28.3. The summed E-state index contributed by atoms with van der Waals surface area (Å²) in [6, 6.07) is -1.35. The molecule has 0 saturated carbocycles. The minimum Gasteiger partial charge on any atom is -0.375 e. The van der Waals surface area contributed by atoms with E-state index in [-0.39, 0.29) is 0 Å². The van der Waals surface area contributed by atoms with E-state index in [1.165, 1.54) is 127 Å². The van der Waals surface area contributed by atoms with E-state index in [4.69, 9.17) is 35.8 Å². The SMILES string of the molecule is CCCCCCP(=S)(CCCCCC)CNC(=S)CCSP(=S)(CCCCCC)CCCCCC. The van der Waals surface area contributed by atoms with E-state index in [1.807, 2.05) is 0 Å². The van der Waals surface area contributed by atoms with Crippen LogP contribution in [0.3, 0.4) is 0 Å². The van der Waals surface area contributed by atoms with Crippen LogP contribution in [0.5, 0.6) is 0 Å². The third kappa shape index (κ3) is 22.1. The Kier molecular flexibility index (Phi) is 25.7. The molecule has 0 aliphatic heterocycles. The van der Waals surface area contributed by atoms with Gasteiger partial charge < -0.3 is 5.32 Å². The fourth-order valence-electron chi connectivity index (χ4n) is 4.35. The van der Waals surface area contributed by atoms with Crippen LogP contribution in [-0.2, 0) is 23.6 Å². The molecule has 210 valence electrons. The number of rotatable bonds is 26. The molecular weight excluding hydrogens is 541 g/mol. The van der Waals surface area contributed by atoms with Crippen LogP contribution in [0, 0.1) is 0 Å². The molecule has 0 unspecified atom stereocenters. The lowest BCUT2D eigenvalue weighted by molar-refractivity contribution is 0.695. The Hall–Kier alpha value is 1.54. The van der Waals surface area contributed by atoms with Crippen molar-refractivity contribution in [1.82, 2.24) is 5.32 Å². The van der Waals surface area contributed by atoms with Gasteiger partial charge in [-0.05, 0) is 56.4 Å². The van der Waals surface area contributed by atoms with Crippen molar-refractivity contribution >= 4 is 63.5 Å². The van der Waals surface area contributed by atoms with Crippen molar-refractivity contribution in [2.24, 2.45) is 0 Å². The van der Waals surface area contributed by atoms with Gasteiger partial charge in [-0.3, -0.25) is 0 Å². The average molecular weight is 600 g/mol. The second-order valence-electron chi connectivity index (χ2n) is 10.4. The van der Waals surface area contributed by atoms with Crippen molar-refractivity contribution in [3.63, 3.8) is 0 Å². The number of hydrogen-bond donors (Lipinski definition) is 1. The quantitative estimate of drug-likeness (QED) is 0.0601. The zero-order valence-electron chi connectivity index (χ0n) is 23.8. The van der Waals surface area contributed by atoms with Crippen molar-refractivity contribution in [2.75, 3.05) is 36.7 Å². The first-order valence-corrected chi connectivity index (χ1v) is 23.4. The molecular formula is C28H59NP2S4. The van der Waals surface area contributed by atoms with E-state index in [9.17, 15) is 0 Å². The lowest BCUT2D eigenvalue weighted by Crippen LogP contribution is -2.24. The summed E-state index contributed by atoms with van der Waals surface area (Å²) in [5.74, 6) is 1.10. The Bertz CT molecular complexity index is 566. The van der Waals surface area contributed by atoms with E-state index in [2.05, 4.69) is 44.4 Å². The Morgan fingerprint density at radius 2 is 1.00 bits per heavy atom. The van der Waals surface area contributed by atoms with Gasteiger partial charge in [0.15, 0.2) is 0 Å². The molecule has 1 nitrogen and oxygen atoms in total. The molecule has 0 radical (unpaired) electrons. The van der Waals surface area contributed by atoms with E-state index in [0.29, 0.717) is 0 Å². The molecule has 35 heavy (non-hydrogen) atoms. The number of unbranched alkanes of at least 4 members (excludes halogenated alkanes) is 12. The van der Waals surface area contributed by atoms with Crippen LogP contribution < -0.4 is 5.32 Å². The fourth-order valence-corrected chi connectivity index (χ4v) is 15.1. The molecule has 1 N–H and O–H groups in total. The van der Waals surface area contributed by atoms with E-state index >= 15 is 0 Å². The highest BCUT2D eigenvalue weighted by Gasteiger charge is 2.19. The first kappa shape index (κ1) is 36.5. The second-order valence-corrected chi connectivity index (χ2v) is 25.3. The minimum atomic E-state index is -1.35. The van der Waals surface area contributed by atoms with Crippen LogP contribution in [0.1, 0.15) is 137 Å². The molecule has 0 aromatic rings. The zero-order valence-corrected chi connectivity index (χ0v) is 28.8. The van der Waals surface area contributed by atoms with Crippen molar-refractivity contribution in [1.29, 1.82) is 0 Å². The molecule has 0 heterocycles. The van der Waals surface area contributed by atoms with Crippen molar-refractivity contribution in [3.8, 4) is 0 Å². The highest BCUT2D eigenvalue weighted by atomic mass is 32.9. The Morgan fingerprint density at radius 1 is 0.600 bits per heavy atom. The van der Waals surface area contributed by atoms with Crippen LogP contribution in [0.4, 0.5) is 0 Å². The highest BCUT2D eigenvalue weighted by Crippen LogP contribution is 2.60. The van der Waals surface area contributed by atoms with Gasteiger partial charge in [0.2, 0.25) is 0 Å².